The third-order valence-electron chi connectivity index (χ3n) is 7.50. The van der Waals surface area contributed by atoms with E-state index in [4.69, 9.17) is 9.82 Å². The van der Waals surface area contributed by atoms with Crippen molar-refractivity contribution in [2.75, 3.05) is 13.1 Å². The number of carbonyl (C=O) groups is 2. The lowest BCUT2D eigenvalue weighted by Gasteiger charge is -2.31. The Labute approximate surface area is 240 Å². The van der Waals surface area contributed by atoms with Crippen molar-refractivity contribution in [3.63, 3.8) is 0 Å². The molecule has 1 aromatic carbocycles. The van der Waals surface area contributed by atoms with E-state index in [0.717, 1.165) is 20.3 Å². The highest BCUT2D eigenvalue weighted by molar-refractivity contribution is 7.09. The first-order valence-corrected chi connectivity index (χ1v) is 14.1. The van der Waals surface area contributed by atoms with Crippen molar-refractivity contribution in [2.45, 2.75) is 51.6 Å². The van der Waals surface area contributed by atoms with E-state index in [0.29, 0.717) is 48.4 Å². The molecule has 4 aromatic rings. The summed E-state index contributed by atoms with van der Waals surface area (Å²) in [5, 5.41) is 6.33. The number of nitrogens with zero attached hydrogens (tertiary/aromatic N) is 6. The Morgan fingerprint density at radius 1 is 1.17 bits per heavy atom. The van der Waals surface area contributed by atoms with Crippen LogP contribution in [-0.4, -0.2) is 53.7 Å². The third-order valence-corrected chi connectivity index (χ3v) is 8.51. The smallest absolute Gasteiger partial charge is 0.341 e. The van der Waals surface area contributed by atoms with Crippen LogP contribution in [0.15, 0.2) is 46.6 Å². The summed E-state index contributed by atoms with van der Waals surface area (Å²) in [5.74, 6) is -0.557. The van der Waals surface area contributed by atoms with Gasteiger partial charge in [-0.3, -0.25) is 24.3 Å². The number of amides is 1. The molecule has 0 unspecified atom stereocenters. The minimum absolute atomic E-state index is 0.117. The number of thiazole rings is 1. The molecule has 1 fully saturated rings. The average molecular weight is 602 g/mol. The Morgan fingerprint density at radius 2 is 1.88 bits per heavy atom. The summed E-state index contributed by atoms with van der Waals surface area (Å²) in [6.07, 6.45) is -2.29. The van der Waals surface area contributed by atoms with Gasteiger partial charge in [0.15, 0.2) is 11.9 Å². The molecule has 0 bridgehead atoms. The number of hydrogen-bond donors (Lipinski definition) is 1. The Bertz CT molecular complexity index is 1780. The zero-order valence-electron chi connectivity index (χ0n) is 22.6. The van der Waals surface area contributed by atoms with Crippen LogP contribution in [0, 0.1) is 6.92 Å². The van der Waals surface area contributed by atoms with Gasteiger partial charge < -0.3 is 4.90 Å². The van der Waals surface area contributed by atoms with Crippen LogP contribution >= 0.6 is 11.3 Å². The van der Waals surface area contributed by atoms with Crippen LogP contribution in [0.3, 0.4) is 0 Å². The van der Waals surface area contributed by atoms with Gasteiger partial charge in [-0.05, 0) is 44.0 Å². The van der Waals surface area contributed by atoms with Crippen LogP contribution in [-0.2, 0) is 22.4 Å². The molecule has 0 spiro atoms. The average Bonchev–Trinajstić information content (AvgIpc) is 3.73. The first-order valence-electron chi connectivity index (χ1n) is 13.2. The van der Waals surface area contributed by atoms with Gasteiger partial charge >= 0.3 is 11.9 Å². The predicted octanol–water partition coefficient (Wildman–Crippen LogP) is 3.92. The number of rotatable bonds is 5. The fourth-order valence-corrected chi connectivity index (χ4v) is 6.32. The van der Waals surface area contributed by atoms with Crippen molar-refractivity contribution in [1.29, 1.82) is 0 Å². The second kappa shape index (κ2) is 10.5. The second-order valence-corrected chi connectivity index (χ2v) is 11.1. The van der Waals surface area contributed by atoms with E-state index in [9.17, 15) is 27.6 Å². The number of carbonyl (C=O) groups excluding carboxylic acids is 2. The molecule has 2 aliphatic rings. The van der Waals surface area contributed by atoms with Gasteiger partial charge in [-0.15, -0.1) is 11.3 Å². The number of aryl methyl sites for hydroxylation is 1. The van der Waals surface area contributed by atoms with E-state index < -0.39 is 29.7 Å². The van der Waals surface area contributed by atoms with Gasteiger partial charge in [-0.25, -0.2) is 19.2 Å². The maximum atomic E-state index is 13.1. The van der Waals surface area contributed by atoms with Crippen molar-refractivity contribution in [3.8, 4) is 0 Å². The van der Waals surface area contributed by atoms with Gasteiger partial charge in [0.05, 0.1) is 27.4 Å². The molecule has 11 nitrogen and oxygen atoms in total. The Kier molecular flexibility index (Phi) is 7.01. The molecule has 220 valence electrons. The van der Waals surface area contributed by atoms with Gasteiger partial charge in [-0.2, -0.15) is 18.3 Å². The number of nitrogens with one attached hydrogen (secondary N) is 1. The van der Waals surface area contributed by atoms with Crippen molar-refractivity contribution >= 4 is 39.9 Å². The number of fused-ring (bicyclic) bond motifs is 1. The fourth-order valence-electron chi connectivity index (χ4n) is 5.33. The van der Waals surface area contributed by atoms with Crippen molar-refractivity contribution in [3.05, 3.63) is 74.4 Å². The van der Waals surface area contributed by atoms with Crippen LogP contribution in [0.4, 0.5) is 13.2 Å². The molecule has 1 N–H and O–H groups in total. The van der Waals surface area contributed by atoms with Crippen LogP contribution < -0.4 is 11.2 Å². The van der Waals surface area contributed by atoms with Gasteiger partial charge in [0.1, 0.15) is 6.54 Å². The van der Waals surface area contributed by atoms with E-state index in [-0.39, 0.29) is 24.1 Å². The Morgan fingerprint density at radius 3 is 2.55 bits per heavy atom. The summed E-state index contributed by atoms with van der Waals surface area (Å²) < 4.78 is 42.5. The third kappa shape index (κ3) is 5.02. The van der Waals surface area contributed by atoms with E-state index in [1.54, 1.807) is 35.2 Å². The summed E-state index contributed by atoms with van der Waals surface area (Å²) in [5.41, 5.74) is 3.90. The number of piperidine rings is 1. The van der Waals surface area contributed by atoms with Gasteiger partial charge in [0.2, 0.25) is 11.8 Å². The molecule has 1 saturated heterocycles. The number of hydroxylamine groups is 1. The summed E-state index contributed by atoms with van der Waals surface area (Å²) in [7, 11) is 0. The number of para-hydroxylation sites is 2. The number of imidazole rings is 1. The first kappa shape index (κ1) is 27.9. The summed E-state index contributed by atoms with van der Waals surface area (Å²) in [6.45, 7) is 3.49. The largest absolute Gasteiger partial charge is 0.435 e. The van der Waals surface area contributed by atoms with Crippen molar-refractivity contribution in [1.82, 2.24) is 34.3 Å². The molecule has 15 heteroatoms. The molecule has 5 heterocycles. The van der Waals surface area contributed by atoms with Crippen LogP contribution in [0.1, 0.15) is 58.8 Å². The lowest BCUT2D eigenvalue weighted by Crippen LogP contribution is -2.40. The number of hydrogen-bond acceptors (Lipinski definition) is 8. The lowest BCUT2D eigenvalue weighted by molar-refractivity contribution is -0.142. The second-order valence-electron chi connectivity index (χ2n) is 10.2. The highest BCUT2D eigenvalue weighted by atomic mass is 32.1. The van der Waals surface area contributed by atoms with Gasteiger partial charge in [0, 0.05) is 37.0 Å². The molecule has 6 rings (SSSR count). The fraction of sp³-hybridized carbons (Fsp3) is 0.370. The highest BCUT2D eigenvalue weighted by Gasteiger charge is 2.35. The summed E-state index contributed by atoms with van der Waals surface area (Å²) >= 11 is 1.48. The molecule has 0 radical (unpaired) electrons. The maximum Gasteiger partial charge on any atom is 0.435 e. The zero-order valence-corrected chi connectivity index (χ0v) is 23.4. The quantitative estimate of drug-likeness (QED) is 0.369. The Balaban J connectivity index is 1.12. The predicted molar refractivity (Wildman–Crippen MR) is 146 cm³/mol. The number of likely N-dealkylation sites (tertiary alicyclic amines) is 1. The van der Waals surface area contributed by atoms with E-state index in [1.807, 2.05) is 5.38 Å². The van der Waals surface area contributed by atoms with E-state index in [2.05, 4.69) is 10.6 Å². The number of aromatic nitrogens is 5. The van der Waals surface area contributed by atoms with E-state index in [1.165, 1.54) is 29.8 Å². The van der Waals surface area contributed by atoms with Crippen LogP contribution in [0.25, 0.3) is 16.7 Å². The topological polar surface area (TPSA) is 116 Å². The normalized spacial score (nSPS) is 18.0. The summed E-state index contributed by atoms with van der Waals surface area (Å²) in [4.78, 5) is 50.1. The molecule has 2 aliphatic heterocycles. The monoisotopic (exact) mass is 601 g/mol. The number of alkyl halides is 3. The molecular formula is C27H26F3N7O4S. The van der Waals surface area contributed by atoms with Gasteiger partial charge in [0.25, 0.3) is 0 Å². The van der Waals surface area contributed by atoms with Crippen molar-refractivity contribution in [2.24, 2.45) is 0 Å². The van der Waals surface area contributed by atoms with Gasteiger partial charge in [-0.1, -0.05) is 12.1 Å². The molecule has 0 saturated carbocycles. The molecular weight excluding hydrogens is 575 g/mol. The van der Waals surface area contributed by atoms with Crippen molar-refractivity contribution < 1.29 is 27.6 Å². The first-order chi connectivity index (χ1) is 20.0. The lowest BCUT2D eigenvalue weighted by atomic mass is 9.97. The van der Waals surface area contributed by atoms with E-state index >= 15 is 0 Å². The molecule has 3 aromatic heterocycles. The zero-order chi connectivity index (χ0) is 29.8. The SMILES string of the molecule is CC(=O)n1c(=O)n([C@H]2C=C(c3csc(C4CCN(C(=O)Cn5nc(C(F)(F)F)cc5C)CC4)n3)NO2)c2ccccc21. The minimum atomic E-state index is -4.56. The standard InChI is InChI=1S/C27H26F3N7O4S/c1-15-11-22(27(28,29)30)32-35(15)13-23(39)34-9-7-17(8-10-34)25-31-19(14-42-25)18-12-24(41-33-18)37-21-6-4-3-5-20(21)36(16(2)38)26(37)40/h3-6,11-12,14,17,24,33H,7-10,13H2,1-2H3/t24-/m1/s1. The molecule has 1 amide bonds. The molecule has 42 heavy (non-hydrogen) atoms. The Hall–Kier alpha value is -4.24. The molecule has 1 atom stereocenters. The number of halogens is 3. The highest BCUT2D eigenvalue weighted by Crippen LogP contribution is 2.34. The minimum Gasteiger partial charge on any atom is -0.341 e. The summed E-state index contributed by atoms with van der Waals surface area (Å²) in [6, 6.07) is 7.92. The molecule has 0 aliphatic carbocycles. The maximum absolute atomic E-state index is 13.1. The van der Waals surface area contributed by atoms with Crippen LogP contribution in [0.5, 0.6) is 0 Å². The number of benzene rings is 1. The van der Waals surface area contributed by atoms with Crippen LogP contribution in [0.2, 0.25) is 0 Å².